The molecule has 1 aromatic heterocycles. The lowest BCUT2D eigenvalue weighted by Crippen LogP contribution is -2.61. The highest BCUT2D eigenvalue weighted by molar-refractivity contribution is 7.33. The first-order chi connectivity index (χ1) is 34.4. The van der Waals surface area contributed by atoms with E-state index in [0.29, 0.717) is 0 Å². The summed E-state index contributed by atoms with van der Waals surface area (Å²) in [5, 5.41) is 1.38. The van der Waals surface area contributed by atoms with Gasteiger partial charge in [0.2, 0.25) is 0 Å². The molecule has 0 radical (unpaired) electrons. The third-order valence-electron chi connectivity index (χ3n) is 20.5. The Balaban J connectivity index is 1.23. The largest absolute Gasteiger partial charge is 0.311 e. The smallest absolute Gasteiger partial charge is 0.264 e. The van der Waals surface area contributed by atoms with Crippen LogP contribution in [0.4, 0.5) is 34.1 Å². The molecule has 0 saturated heterocycles. The zero-order chi connectivity index (χ0) is 52.6. The van der Waals surface area contributed by atoms with Crippen LogP contribution in [0.15, 0.2) is 91.0 Å². The average molecular weight is 993 g/mol. The molecule has 4 bridgehead atoms. The SMILES string of the molecule is Cc1cc2c(cc1N1c3cc(C(C)(C)C)cc4c3B(c3cc5c6cc3N4c3cc4c(cc3-c3cccc(c3)C6(C)CCC5(C)C)C(C)(C)CCC4(C)C)c3sc4ccc(C(C)(C)C)cc4c31)C(C)(C)CCC2(C)C. The van der Waals surface area contributed by atoms with Gasteiger partial charge in [0.05, 0.1) is 11.4 Å². The van der Waals surface area contributed by atoms with Crippen molar-refractivity contribution in [1.82, 2.24) is 0 Å². The van der Waals surface area contributed by atoms with Gasteiger partial charge in [-0.25, -0.2) is 0 Å². The van der Waals surface area contributed by atoms with Crippen molar-refractivity contribution in [2.75, 3.05) is 9.80 Å². The first-order valence-electron chi connectivity index (χ1n) is 28.4. The highest BCUT2D eigenvalue weighted by Crippen LogP contribution is 2.59. The second-order valence-electron chi connectivity index (χ2n) is 29.9. The number of nitrogens with zero attached hydrogens (tertiary/aromatic N) is 2. The van der Waals surface area contributed by atoms with Gasteiger partial charge in [-0.3, -0.25) is 0 Å². The van der Waals surface area contributed by atoms with E-state index in [0.717, 1.165) is 12.8 Å². The Morgan fingerprint density at radius 1 is 0.473 bits per heavy atom. The maximum absolute atomic E-state index is 2.83. The van der Waals surface area contributed by atoms with Crippen LogP contribution in [0.2, 0.25) is 0 Å². The van der Waals surface area contributed by atoms with Crippen LogP contribution in [0.1, 0.15) is 212 Å². The summed E-state index contributed by atoms with van der Waals surface area (Å²) in [6.45, 7) is 44.5. The number of rotatable bonds is 1. The molecule has 74 heavy (non-hydrogen) atoms. The monoisotopic (exact) mass is 993 g/mol. The van der Waals surface area contributed by atoms with Gasteiger partial charge < -0.3 is 9.80 Å². The van der Waals surface area contributed by atoms with Gasteiger partial charge in [0.15, 0.2) is 0 Å². The molecule has 13 rings (SSSR count). The molecule has 0 fully saturated rings. The molecule has 7 aromatic rings. The summed E-state index contributed by atoms with van der Waals surface area (Å²) >= 11 is 2.06. The molecule has 3 aliphatic heterocycles. The van der Waals surface area contributed by atoms with Crippen molar-refractivity contribution in [3.63, 3.8) is 0 Å². The molecule has 0 saturated carbocycles. The van der Waals surface area contributed by atoms with Gasteiger partial charge in [0, 0.05) is 48.6 Å². The number of benzene rings is 6. The summed E-state index contributed by atoms with van der Waals surface area (Å²) < 4.78 is 2.85. The molecule has 0 N–H and O–H groups in total. The van der Waals surface area contributed by atoms with Gasteiger partial charge in [-0.1, -0.05) is 160 Å². The van der Waals surface area contributed by atoms with E-state index in [4.69, 9.17) is 0 Å². The van der Waals surface area contributed by atoms with Crippen LogP contribution in [-0.4, -0.2) is 6.71 Å². The summed E-state index contributed by atoms with van der Waals surface area (Å²) in [5.41, 5.74) is 28.3. The predicted octanol–water partition coefficient (Wildman–Crippen LogP) is 17.9. The van der Waals surface area contributed by atoms with Crippen LogP contribution >= 0.6 is 11.3 Å². The lowest BCUT2D eigenvalue weighted by atomic mass is 9.35. The summed E-state index contributed by atoms with van der Waals surface area (Å²) in [6.07, 6.45) is 6.99. The predicted molar refractivity (Wildman–Crippen MR) is 323 cm³/mol. The van der Waals surface area contributed by atoms with Gasteiger partial charge in [-0.15, -0.1) is 11.3 Å². The number of thiophene rings is 1. The maximum atomic E-state index is 2.83. The fourth-order valence-corrected chi connectivity index (χ4v) is 16.4. The average Bonchev–Trinajstić information content (AvgIpc) is 3.70. The molecule has 0 spiro atoms. The van der Waals surface area contributed by atoms with Crippen molar-refractivity contribution in [3.8, 4) is 11.1 Å². The number of anilines is 6. The van der Waals surface area contributed by atoms with Gasteiger partial charge in [-0.05, 0) is 204 Å². The molecule has 0 amide bonds. The second kappa shape index (κ2) is 14.9. The molecule has 1 unspecified atom stereocenters. The van der Waals surface area contributed by atoms with Crippen LogP contribution in [0.5, 0.6) is 0 Å². The number of hydrogen-bond donors (Lipinski definition) is 0. The molecule has 6 aliphatic rings. The van der Waals surface area contributed by atoms with Crippen molar-refractivity contribution >= 4 is 78.0 Å². The Morgan fingerprint density at radius 2 is 1.00 bits per heavy atom. The normalized spacial score (nSPS) is 21.8. The molecule has 4 heteroatoms. The van der Waals surface area contributed by atoms with Gasteiger partial charge in [0.1, 0.15) is 0 Å². The highest BCUT2D eigenvalue weighted by atomic mass is 32.1. The van der Waals surface area contributed by atoms with Crippen molar-refractivity contribution in [3.05, 3.63) is 147 Å². The summed E-state index contributed by atoms with van der Waals surface area (Å²) in [5.74, 6) is 0. The zero-order valence-corrected chi connectivity index (χ0v) is 49.1. The van der Waals surface area contributed by atoms with Crippen LogP contribution in [0.3, 0.4) is 0 Å². The Bertz CT molecular complexity index is 3610. The Hall–Kier alpha value is -5.06. The standard InChI is InChI=1S/C70H81BN2S/c1-40-30-47-50(67(12,13)26-24-65(47,8)9)37-54(40)73-58-34-44(64(5,6)7)33-57-60(58)71(62-61(73)46-32-42(63(2,3)4)22-23-59(46)74-62)53-36-49-52-39-56(53)72(57)55-38-51-48(66(10,11)25-27-68(51,14)15)35-45(55)41-20-19-21-43(31-41)70(52,18)29-28-69(49,16)17/h19-23,30-39H,24-29H2,1-18H3. The van der Waals surface area contributed by atoms with E-state index in [1.54, 1.807) is 0 Å². The Labute approximate surface area is 449 Å². The van der Waals surface area contributed by atoms with E-state index in [1.165, 1.54) is 152 Å². The molecule has 2 nitrogen and oxygen atoms in total. The van der Waals surface area contributed by atoms with Crippen molar-refractivity contribution in [2.45, 2.75) is 206 Å². The molecule has 6 aromatic carbocycles. The maximum Gasteiger partial charge on any atom is 0.264 e. The van der Waals surface area contributed by atoms with Gasteiger partial charge >= 0.3 is 0 Å². The quantitative estimate of drug-likeness (QED) is 0.151. The molecular weight excluding hydrogens is 912 g/mol. The van der Waals surface area contributed by atoms with Gasteiger partial charge in [-0.2, -0.15) is 0 Å². The van der Waals surface area contributed by atoms with Crippen molar-refractivity contribution in [1.29, 1.82) is 0 Å². The van der Waals surface area contributed by atoms with Crippen molar-refractivity contribution in [2.24, 2.45) is 0 Å². The zero-order valence-electron chi connectivity index (χ0n) is 48.3. The Kier molecular flexibility index (Phi) is 9.78. The minimum absolute atomic E-state index is 0.000714. The van der Waals surface area contributed by atoms with E-state index in [9.17, 15) is 0 Å². The molecule has 3 aliphatic carbocycles. The molecular formula is C70H81BN2S. The summed E-state index contributed by atoms with van der Waals surface area (Å²) in [6, 6.07) is 38.7. The summed E-state index contributed by atoms with van der Waals surface area (Å²) in [7, 11) is 0. The molecule has 4 heterocycles. The first-order valence-corrected chi connectivity index (χ1v) is 29.2. The molecule has 1 atom stereocenters. The third-order valence-corrected chi connectivity index (χ3v) is 21.8. The second-order valence-corrected chi connectivity index (χ2v) is 31.0. The van der Waals surface area contributed by atoms with Crippen molar-refractivity contribution < 1.29 is 0 Å². The highest BCUT2D eigenvalue weighted by Gasteiger charge is 2.51. The minimum Gasteiger partial charge on any atom is -0.311 e. The van der Waals surface area contributed by atoms with E-state index < -0.39 is 0 Å². The van der Waals surface area contributed by atoms with E-state index >= 15 is 0 Å². The van der Waals surface area contributed by atoms with Crippen LogP contribution in [0, 0.1) is 6.92 Å². The number of hydrogen-bond acceptors (Lipinski definition) is 3. The minimum atomic E-state index is -0.144. The third kappa shape index (κ3) is 6.67. The first kappa shape index (κ1) is 48.6. The summed E-state index contributed by atoms with van der Waals surface area (Å²) in [4.78, 5) is 5.64. The number of aryl methyl sites for hydroxylation is 1. The van der Waals surface area contributed by atoms with Gasteiger partial charge in [0.25, 0.3) is 6.71 Å². The fourth-order valence-electron chi connectivity index (χ4n) is 15.1. The van der Waals surface area contributed by atoms with E-state index in [1.807, 2.05) is 0 Å². The molecule has 380 valence electrons. The van der Waals surface area contributed by atoms with Crippen LogP contribution in [0.25, 0.3) is 21.2 Å². The Morgan fingerprint density at radius 3 is 1.61 bits per heavy atom. The van der Waals surface area contributed by atoms with E-state index in [-0.39, 0.29) is 50.0 Å². The van der Waals surface area contributed by atoms with Crippen LogP contribution < -0.4 is 25.5 Å². The number of fused-ring (bicyclic) bond motifs is 14. The fraction of sp³-hybridized carbons (Fsp3) is 0.457. The van der Waals surface area contributed by atoms with Crippen LogP contribution in [-0.2, 0) is 43.3 Å². The topological polar surface area (TPSA) is 6.48 Å². The lowest BCUT2D eigenvalue weighted by molar-refractivity contribution is 0.332. The lowest BCUT2D eigenvalue weighted by Gasteiger charge is -2.49. The van der Waals surface area contributed by atoms with E-state index in [2.05, 4.69) is 237 Å².